The molecule has 2 atom stereocenters. The molecule has 0 radical (unpaired) electrons. The number of fused-ring (bicyclic) bond motifs is 1. The number of carbonyl (C=O) groups is 2. The fourth-order valence-corrected chi connectivity index (χ4v) is 4.64. The van der Waals surface area contributed by atoms with Crippen molar-refractivity contribution in [3.05, 3.63) is 94.0 Å². The van der Waals surface area contributed by atoms with Crippen LogP contribution in [-0.4, -0.2) is 17.9 Å². The maximum Gasteiger partial charge on any atom is 0.258 e. The predicted octanol–water partition coefficient (Wildman–Crippen LogP) is 6.49. The molecule has 0 fully saturated rings. The van der Waals surface area contributed by atoms with E-state index >= 15 is 0 Å². The van der Waals surface area contributed by atoms with Crippen LogP contribution in [0.25, 0.3) is 0 Å². The van der Waals surface area contributed by atoms with E-state index in [0.717, 1.165) is 28.1 Å². The van der Waals surface area contributed by atoms with E-state index in [0.29, 0.717) is 17.0 Å². The lowest BCUT2D eigenvalue weighted by Gasteiger charge is -2.43. The van der Waals surface area contributed by atoms with Crippen molar-refractivity contribution in [3.63, 3.8) is 0 Å². The Kier molecular flexibility index (Phi) is 6.07. The molecule has 0 aliphatic carbocycles. The lowest BCUT2D eigenvalue weighted by molar-refractivity contribution is -0.117. The van der Waals surface area contributed by atoms with Gasteiger partial charge in [-0.3, -0.25) is 9.59 Å². The molecule has 1 aliphatic rings. The summed E-state index contributed by atoms with van der Waals surface area (Å²) < 4.78 is 0. The first-order valence-corrected chi connectivity index (χ1v) is 11.2. The fourth-order valence-electron chi connectivity index (χ4n) is 4.51. The molecule has 164 valence electrons. The molecule has 3 aromatic carbocycles. The fraction of sp³-hybridized carbons (Fsp3) is 0.259. The molecule has 0 saturated carbocycles. The number of anilines is 2. The van der Waals surface area contributed by atoms with Crippen molar-refractivity contribution in [1.29, 1.82) is 0 Å². The van der Waals surface area contributed by atoms with Crippen LogP contribution in [0.1, 0.15) is 53.4 Å². The van der Waals surface area contributed by atoms with Crippen molar-refractivity contribution in [3.8, 4) is 0 Å². The van der Waals surface area contributed by atoms with E-state index < -0.39 is 0 Å². The van der Waals surface area contributed by atoms with E-state index in [-0.39, 0.29) is 23.9 Å². The number of halogens is 1. The van der Waals surface area contributed by atoms with E-state index in [2.05, 4.69) is 0 Å². The van der Waals surface area contributed by atoms with E-state index in [1.165, 1.54) is 0 Å². The number of rotatable bonds is 3. The Morgan fingerprint density at radius 3 is 2.19 bits per heavy atom. The van der Waals surface area contributed by atoms with Gasteiger partial charge in [0.15, 0.2) is 0 Å². The van der Waals surface area contributed by atoms with E-state index in [1.54, 1.807) is 19.1 Å². The van der Waals surface area contributed by atoms with Gasteiger partial charge in [-0.2, -0.15) is 0 Å². The third kappa shape index (κ3) is 4.15. The lowest BCUT2D eigenvalue weighted by atomic mass is 9.88. The molecule has 4 nitrogen and oxygen atoms in total. The quantitative estimate of drug-likeness (QED) is 0.461. The molecule has 3 aromatic rings. The monoisotopic (exact) mass is 446 g/mol. The second-order valence-corrected chi connectivity index (χ2v) is 9.01. The van der Waals surface area contributed by atoms with Crippen molar-refractivity contribution in [2.45, 2.75) is 46.2 Å². The summed E-state index contributed by atoms with van der Waals surface area (Å²) >= 11 is 6.08. The molecule has 0 aromatic heterocycles. The van der Waals surface area contributed by atoms with Crippen LogP contribution in [0.15, 0.2) is 66.7 Å². The van der Waals surface area contributed by atoms with Gasteiger partial charge >= 0.3 is 0 Å². The van der Waals surface area contributed by atoms with E-state index in [4.69, 9.17) is 11.6 Å². The molecule has 0 saturated heterocycles. The Hall–Kier alpha value is -3.11. The van der Waals surface area contributed by atoms with Gasteiger partial charge in [0.1, 0.15) is 0 Å². The first kappa shape index (κ1) is 22.1. The molecule has 4 rings (SSSR count). The largest absolute Gasteiger partial charge is 0.305 e. The van der Waals surface area contributed by atoms with Gasteiger partial charge in [-0.15, -0.1) is 0 Å². The zero-order chi connectivity index (χ0) is 23.0. The highest BCUT2D eigenvalue weighted by atomic mass is 35.5. The highest BCUT2D eigenvalue weighted by Crippen LogP contribution is 2.43. The number of carbonyl (C=O) groups excluding carboxylic acids is 2. The van der Waals surface area contributed by atoms with Gasteiger partial charge < -0.3 is 9.80 Å². The molecule has 0 N–H and O–H groups in total. The Morgan fingerprint density at radius 1 is 0.938 bits per heavy atom. The van der Waals surface area contributed by atoms with Crippen LogP contribution in [0.3, 0.4) is 0 Å². The van der Waals surface area contributed by atoms with Crippen LogP contribution < -0.4 is 9.80 Å². The van der Waals surface area contributed by atoms with Crippen molar-refractivity contribution < 1.29 is 9.59 Å². The summed E-state index contributed by atoms with van der Waals surface area (Å²) in [6.07, 6.45) is 0.635. The summed E-state index contributed by atoms with van der Waals surface area (Å²) in [4.78, 5) is 30.0. The third-order valence-electron chi connectivity index (χ3n) is 6.08. The zero-order valence-electron chi connectivity index (χ0n) is 18.8. The summed E-state index contributed by atoms with van der Waals surface area (Å²) in [5.41, 5.74) is 5.47. The van der Waals surface area contributed by atoms with Gasteiger partial charge in [0, 0.05) is 34.9 Å². The number of amides is 2. The van der Waals surface area contributed by atoms with Crippen LogP contribution in [0.2, 0.25) is 5.02 Å². The molecule has 0 unspecified atom stereocenters. The standard InChI is InChI=1S/C27H27ClN2O2/c1-17-5-8-21(9-6-17)27(32)29-19(3)16-26(24-14-7-18(2)15-25(24)29)30(20(4)31)23-12-10-22(28)11-13-23/h5-15,19,26H,16H2,1-4H3/t19-,26+/m1/s1. The number of nitrogens with zero attached hydrogens (tertiary/aromatic N) is 2. The van der Waals surface area contributed by atoms with Crippen molar-refractivity contribution in [1.82, 2.24) is 0 Å². The number of benzene rings is 3. The number of aryl methyl sites for hydroxylation is 2. The third-order valence-corrected chi connectivity index (χ3v) is 6.33. The van der Waals surface area contributed by atoms with Crippen LogP contribution in [-0.2, 0) is 4.79 Å². The maximum absolute atomic E-state index is 13.5. The Bertz CT molecular complexity index is 1160. The number of hydrogen-bond acceptors (Lipinski definition) is 2. The minimum Gasteiger partial charge on any atom is -0.305 e. The highest BCUT2D eigenvalue weighted by Gasteiger charge is 2.38. The predicted molar refractivity (Wildman–Crippen MR) is 131 cm³/mol. The second-order valence-electron chi connectivity index (χ2n) is 8.57. The first-order chi connectivity index (χ1) is 15.3. The van der Waals surface area contributed by atoms with Gasteiger partial charge in [-0.25, -0.2) is 0 Å². The van der Waals surface area contributed by atoms with Crippen LogP contribution in [0.4, 0.5) is 11.4 Å². The van der Waals surface area contributed by atoms with Gasteiger partial charge in [-0.05, 0) is 80.8 Å². The van der Waals surface area contributed by atoms with Crippen LogP contribution in [0.5, 0.6) is 0 Å². The molecule has 1 aliphatic heterocycles. The van der Waals surface area contributed by atoms with Gasteiger partial charge in [-0.1, -0.05) is 41.4 Å². The zero-order valence-corrected chi connectivity index (χ0v) is 19.6. The molecule has 2 amide bonds. The summed E-state index contributed by atoms with van der Waals surface area (Å²) in [6.45, 7) is 7.65. The van der Waals surface area contributed by atoms with Crippen LogP contribution in [0, 0.1) is 13.8 Å². The van der Waals surface area contributed by atoms with Crippen molar-refractivity contribution in [2.75, 3.05) is 9.80 Å². The minimum atomic E-state index is -0.179. The van der Waals surface area contributed by atoms with Gasteiger partial charge in [0.05, 0.1) is 6.04 Å². The SMILES string of the molecule is CC(=O)N(c1ccc(Cl)cc1)[C@H]1C[C@@H](C)N(C(=O)c2ccc(C)cc2)c2cc(C)ccc21. The van der Waals surface area contributed by atoms with Gasteiger partial charge in [0.25, 0.3) is 5.91 Å². The summed E-state index contributed by atoms with van der Waals surface area (Å²) in [6, 6.07) is 20.9. The molecule has 0 bridgehead atoms. The average Bonchev–Trinajstić information content (AvgIpc) is 2.75. The van der Waals surface area contributed by atoms with E-state index in [9.17, 15) is 9.59 Å². The smallest absolute Gasteiger partial charge is 0.258 e. The van der Waals surface area contributed by atoms with Gasteiger partial charge in [0.2, 0.25) is 5.91 Å². The topological polar surface area (TPSA) is 40.6 Å². The first-order valence-electron chi connectivity index (χ1n) is 10.8. The Morgan fingerprint density at radius 2 is 1.56 bits per heavy atom. The molecule has 5 heteroatoms. The van der Waals surface area contributed by atoms with E-state index in [1.807, 2.05) is 85.2 Å². The Balaban J connectivity index is 1.81. The normalized spacial score (nSPS) is 17.6. The van der Waals surface area contributed by atoms with Crippen molar-refractivity contribution >= 4 is 34.8 Å². The highest BCUT2D eigenvalue weighted by molar-refractivity contribution is 6.30. The molecule has 32 heavy (non-hydrogen) atoms. The molecular formula is C27H27ClN2O2. The Labute approximate surface area is 194 Å². The minimum absolute atomic E-state index is 0.0244. The molecular weight excluding hydrogens is 420 g/mol. The molecule has 0 spiro atoms. The summed E-state index contributed by atoms with van der Waals surface area (Å²) in [7, 11) is 0. The second kappa shape index (κ2) is 8.79. The molecule has 1 heterocycles. The summed E-state index contributed by atoms with van der Waals surface area (Å²) in [5, 5.41) is 0.625. The number of hydrogen-bond donors (Lipinski definition) is 0. The average molecular weight is 447 g/mol. The summed E-state index contributed by atoms with van der Waals surface area (Å²) in [5.74, 6) is -0.0713. The van der Waals surface area contributed by atoms with Crippen LogP contribution >= 0.6 is 11.6 Å². The maximum atomic E-state index is 13.5. The lowest BCUT2D eigenvalue weighted by Crippen LogP contribution is -2.47. The van der Waals surface area contributed by atoms with Crippen molar-refractivity contribution in [2.24, 2.45) is 0 Å².